The Hall–Kier alpha value is -3.10. The van der Waals surface area contributed by atoms with Gasteiger partial charge in [0.05, 0.1) is 6.33 Å². The highest BCUT2D eigenvalue weighted by atomic mass is 19.1. The number of urea groups is 2. The Labute approximate surface area is 163 Å². The molecular formula is C19H25FN6O2. The topological polar surface area (TPSA) is 91.3 Å². The van der Waals surface area contributed by atoms with Gasteiger partial charge < -0.3 is 25.4 Å². The molecule has 0 aliphatic carbocycles. The zero-order valence-electron chi connectivity index (χ0n) is 15.6. The first-order chi connectivity index (χ1) is 13.6. The zero-order valence-corrected chi connectivity index (χ0v) is 15.6. The maximum absolute atomic E-state index is 12.9. The van der Waals surface area contributed by atoms with Crippen molar-refractivity contribution in [1.29, 1.82) is 0 Å². The van der Waals surface area contributed by atoms with Crippen molar-refractivity contribution in [1.82, 2.24) is 25.1 Å². The number of hydrogen-bond acceptors (Lipinski definition) is 3. The van der Waals surface area contributed by atoms with Crippen molar-refractivity contribution in [2.24, 2.45) is 0 Å². The number of likely N-dealkylation sites (tertiary alicyclic amines) is 1. The second kappa shape index (κ2) is 9.72. The standard InChI is InChI=1S/C19H25FN6O2/c20-15-2-4-16(5-3-15)23-18(27)24-17-6-11-26(12-7-17)19(28)22-8-1-10-25-13-9-21-14-25/h2-5,9,13-14,17H,1,6-8,10-12H2,(H,22,28)(H2,23,24,27). The van der Waals surface area contributed by atoms with Gasteiger partial charge in [0, 0.05) is 50.3 Å². The molecule has 9 heteroatoms. The van der Waals surface area contributed by atoms with Crippen LogP contribution in [-0.2, 0) is 6.54 Å². The SMILES string of the molecule is O=C(Nc1ccc(F)cc1)NC1CCN(C(=O)NCCCn2ccnc2)CC1. The van der Waals surface area contributed by atoms with Gasteiger partial charge in [-0.05, 0) is 43.5 Å². The quantitative estimate of drug-likeness (QED) is 0.664. The Kier molecular flexibility index (Phi) is 6.83. The van der Waals surface area contributed by atoms with Crippen LogP contribution in [0.1, 0.15) is 19.3 Å². The van der Waals surface area contributed by atoms with Crippen LogP contribution in [-0.4, -0.2) is 52.2 Å². The molecule has 3 rings (SSSR count). The van der Waals surface area contributed by atoms with E-state index in [1.807, 2.05) is 10.8 Å². The van der Waals surface area contributed by atoms with Gasteiger partial charge in [-0.3, -0.25) is 0 Å². The molecule has 0 spiro atoms. The summed E-state index contributed by atoms with van der Waals surface area (Å²) in [5.41, 5.74) is 0.534. The minimum absolute atomic E-state index is 0.00531. The first kappa shape index (κ1) is 19.7. The molecule has 3 N–H and O–H groups in total. The molecular weight excluding hydrogens is 363 g/mol. The summed E-state index contributed by atoms with van der Waals surface area (Å²) in [4.78, 5) is 30.0. The van der Waals surface area contributed by atoms with Gasteiger partial charge in [-0.15, -0.1) is 0 Å². The maximum Gasteiger partial charge on any atom is 0.319 e. The van der Waals surface area contributed by atoms with Gasteiger partial charge in [0.25, 0.3) is 0 Å². The molecule has 1 aromatic heterocycles. The molecule has 1 aromatic carbocycles. The summed E-state index contributed by atoms with van der Waals surface area (Å²) in [5, 5.41) is 8.51. The van der Waals surface area contributed by atoms with E-state index in [-0.39, 0.29) is 23.9 Å². The number of nitrogens with zero attached hydrogens (tertiary/aromatic N) is 3. The van der Waals surface area contributed by atoms with Crippen molar-refractivity contribution >= 4 is 17.7 Å². The van der Waals surface area contributed by atoms with E-state index >= 15 is 0 Å². The Morgan fingerprint density at radius 3 is 2.61 bits per heavy atom. The number of aromatic nitrogens is 2. The normalized spacial score (nSPS) is 14.5. The second-order valence-electron chi connectivity index (χ2n) is 6.75. The third-order valence-corrected chi connectivity index (χ3v) is 4.65. The molecule has 1 fully saturated rings. The van der Waals surface area contributed by atoms with Crippen molar-refractivity contribution < 1.29 is 14.0 Å². The Balaban J connectivity index is 1.31. The molecule has 28 heavy (non-hydrogen) atoms. The van der Waals surface area contributed by atoms with E-state index in [9.17, 15) is 14.0 Å². The number of hydrogen-bond donors (Lipinski definition) is 3. The van der Waals surface area contributed by atoms with E-state index in [1.54, 1.807) is 17.4 Å². The van der Waals surface area contributed by atoms with Crippen LogP contribution in [0.2, 0.25) is 0 Å². The van der Waals surface area contributed by atoms with Crippen molar-refractivity contribution in [2.75, 3.05) is 25.0 Å². The van der Waals surface area contributed by atoms with Crippen LogP contribution in [0, 0.1) is 5.82 Å². The lowest BCUT2D eigenvalue weighted by Gasteiger charge is -2.32. The predicted molar refractivity (Wildman–Crippen MR) is 103 cm³/mol. The van der Waals surface area contributed by atoms with Gasteiger partial charge >= 0.3 is 12.1 Å². The monoisotopic (exact) mass is 388 g/mol. The number of benzene rings is 1. The van der Waals surface area contributed by atoms with Gasteiger partial charge in [-0.1, -0.05) is 0 Å². The van der Waals surface area contributed by atoms with E-state index in [0.717, 1.165) is 13.0 Å². The van der Waals surface area contributed by atoms with Crippen LogP contribution < -0.4 is 16.0 Å². The second-order valence-corrected chi connectivity index (χ2v) is 6.75. The van der Waals surface area contributed by atoms with Crippen LogP contribution in [0.3, 0.4) is 0 Å². The fourth-order valence-electron chi connectivity index (χ4n) is 3.10. The largest absolute Gasteiger partial charge is 0.338 e. The summed E-state index contributed by atoms with van der Waals surface area (Å²) >= 11 is 0. The molecule has 4 amide bonds. The first-order valence-electron chi connectivity index (χ1n) is 9.42. The molecule has 0 unspecified atom stereocenters. The van der Waals surface area contributed by atoms with E-state index in [2.05, 4.69) is 20.9 Å². The summed E-state index contributed by atoms with van der Waals surface area (Å²) in [7, 11) is 0. The number of aryl methyl sites for hydroxylation is 1. The Morgan fingerprint density at radius 2 is 1.93 bits per heavy atom. The number of halogens is 1. The number of rotatable bonds is 6. The van der Waals surface area contributed by atoms with E-state index in [4.69, 9.17) is 0 Å². The van der Waals surface area contributed by atoms with Crippen LogP contribution in [0.15, 0.2) is 43.0 Å². The molecule has 0 bridgehead atoms. The first-order valence-corrected chi connectivity index (χ1v) is 9.42. The Morgan fingerprint density at radius 1 is 1.18 bits per heavy atom. The van der Waals surface area contributed by atoms with Gasteiger partial charge in [0.2, 0.25) is 0 Å². The number of carbonyl (C=O) groups excluding carboxylic acids is 2. The fourth-order valence-corrected chi connectivity index (χ4v) is 3.10. The molecule has 8 nitrogen and oxygen atoms in total. The van der Waals surface area contributed by atoms with Crippen molar-refractivity contribution in [3.05, 3.63) is 48.8 Å². The molecule has 0 atom stereocenters. The molecule has 2 heterocycles. The molecule has 0 radical (unpaired) electrons. The van der Waals surface area contributed by atoms with Gasteiger partial charge in [-0.25, -0.2) is 19.0 Å². The lowest BCUT2D eigenvalue weighted by Crippen LogP contribution is -2.50. The van der Waals surface area contributed by atoms with Crippen LogP contribution in [0.4, 0.5) is 19.7 Å². The summed E-state index contributed by atoms with van der Waals surface area (Å²) < 4.78 is 14.9. The molecule has 150 valence electrons. The number of piperidine rings is 1. The van der Waals surface area contributed by atoms with Gasteiger partial charge in [0.15, 0.2) is 0 Å². The summed E-state index contributed by atoms with van der Waals surface area (Å²) in [5.74, 6) is -0.349. The van der Waals surface area contributed by atoms with Crippen LogP contribution in [0.25, 0.3) is 0 Å². The van der Waals surface area contributed by atoms with Crippen LogP contribution in [0.5, 0.6) is 0 Å². The summed E-state index contributed by atoms with van der Waals surface area (Å²) in [6.45, 7) is 2.61. The number of anilines is 1. The average Bonchev–Trinajstić information content (AvgIpc) is 3.21. The smallest absolute Gasteiger partial charge is 0.319 e. The van der Waals surface area contributed by atoms with Gasteiger partial charge in [-0.2, -0.15) is 0 Å². The lowest BCUT2D eigenvalue weighted by atomic mass is 10.1. The summed E-state index contributed by atoms with van der Waals surface area (Å²) in [6.07, 6.45) is 7.61. The maximum atomic E-state index is 12.9. The number of imidazole rings is 1. The number of nitrogens with one attached hydrogen (secondary N) is 3. The van der Waals surface area contributed by atoms with Gasteiger partial charge in [0.1, 0.15) is 5.82 Å². The third kappa shape index (κ3) is 5.97. The molecule has 2 aromatic rings. The van der Waals surface area contributed by atoms with E-state index < -0.39 is 0 Å². The highest BCUT2D eigenvalue weighted by Gasteiger charge is 2.23. The minimum atomic E-state index is -0.349. The summed E-state index contributed by atoms with van der Waals surface area (Å²) in [6, 6.07) is 5.22. The zero-order chi connectivity index (χ0) is 19.8. The Bertz CT molecular complexity index is 757. The molecule has 1 saturated heterocycles. The minimum Gasteiger partial charge on any atom is -0.338 e. The average molecular weight is 388 g/mol. The highest BCUT2D eigenvalue weighted by molar-refractivity contribution is 5.89. The van der Waals surface area contributed by atoms with Crippen molar-refractivity contribution in [3.63, 3.8) is 0 Å². The van der Waals surface area contributed by atoms with Crippen LogP contribution >= 0.6 is 0 Å². The van der Waals surface area contributed by atoms with E-state index in [1.165, 1.54) is 24.3 Å². The molecule has 0 saturated carbocycles. The van der Waals surface area contributed by atoms with Crippen molar-refractivity contribution in [3.8, 4) is 0 Å². The lowest BCUT2D eigenvalue weighted by molar-refractivity contribution is 0.177. The number of carbonyl (C=O) groups is 2. The highest BCUT2D eigenvalue weighted by Crippen LogP contribution is 2.12. The third-order valence-electron chi connectivity index (χ3n) is 4.65. The molecule has 1 aliphatic heterocycles. The molecule has 1 aliphatic rings. The van der Waals surface area contributed by atoms with Crippen molar-refractivity contribution in [2.45, 2.75) is 31.8 Å². The number of amides is 4. The fraction of sp³-hybridized carbons (Fsp3) is 0.421. The van der Waals surface area contributed by atoms with E-state index in [0.29, 0.717) is 38.2 Å². The predicted octanol–water partition coefficient (Wildman–Crippen LogP) is 2.41.